The van der Waals surface area contributed by atoms with Crippen molar-refractivity contribution in [2.75, 3.05) is 16.4 Å². The van der Waals surface area contributed by atoms with Crippen LogP contribution in [-0.4, -0.2) is 19.5 Å². The van der Waals surface area contributed by atoms with Crippen LogP contribution in [0.1, 0.15) is 0 Å². The predicted octanol–water partition coefficient (Wildman–Crippen LogP) is 1.02. The number of fused-ring (bicyclic) bond motifs is 1. The summed E-state index contributed by atoms with van der Waals surface area (Å²) in [5.41, 5.74) is 7.02. The standard InChI is InChI=1S/C10H9N3O4S/c11-10-4-7(12-17-10)6-1-2-9-8(3-6)13-18(14,15)5-16-9/h1-4,13H,5,11H2. The van der Waals surface area contributed by atoms with Gasteiger partial charge in [0.2, 0.25) is 11.8 Å². The van der Waals surface area contributed by atoms with E-state index in [1.165, 1.54) is 0 Å². The van der Waals surface area contributed by atoms with Crippen molar-refractivity contribution < 1.29 is 17.7 Å². The van der Waals surface area contributed by atoms with E-state index in [1.54, 1.807) is 24.3 Å². The number of sulfonamides is 1. The zero-order valence-corrected chi connectivity index (χ0v) is 9.90. The first-order valence-electron chi connectivity index (χ1n) is 5.03. The zero-order chi connectivity index (χ0) is 12.8. The summed E-state index contributed by atoms with van der Waals surface area (Å²) in [6.45, 7) is 0. The maximum Gasteiger partial charge on any atom is 0.268 e. The second-order valence-electron chi connectivity index (χ2n) is 3.80. The largest absolute Gasteiger partial charge is 0.474 e. The van der Waals surface area contributed by atoms with Crippen molar-refractivity contribution >= 4 is 21.6 Å². The highest BCUT2D eigenvalue weighted by molar-refractivity contribution is 7.92. The molecule has 3 N–H and O–H groups in total. The van der Waals surface area contributed by atoms with Crippen LogP contribution in [0.5, 0.6) is 5.75 Å². The molecule has 0 radical (unpaired) electrons. The maximum atomic E-state index is 11.4. The highest BCUT2D eigenvalue weighted by Gasteiger charge is 2.21. The lowest BCUT2D eigenvalue weighted by molar-refractivity contribution is 0.374. The van der Waals surface area contributed by atoms with Crippen molar-refractivity contribution in [1.82, 2.24) is 5.16 Å². The number of hydrogen-bond donors (Lipinski definition) is 2. The van der Waals surface area contributed by atoms with Gasteiger partial charge in [-0.2, -0.15) is 0 Å². The molecule has 94 valence electrons. The van der Waals surface area contributed by atoms with Gasteiger partial charge in [0.05, 0.1) is 5.69 Å². The lowest BCUT2D eigenvalue weighted by Gasteiger charge is -2.19. The van der Waals surface area contributed by atoms with Gasteiger partial charge in [-0.3, -0.25) is 4.72 Å². The summed E-state index contributed by atoms with van der Waals surface area (Å²) in [4.78, 5) is 0. The number of rotatable bonds is 1. The number of aromatic nitrogens is 1. The number of ether oxygens (including phenoxy) is 1. The van der Waals surface area contributed by atoms with Crippen LogP contribution in [0, 0.1) is 0 Å². The van der Waals surface area contributed by atoms with Crippen molar-refractivity contribution in [1.29, 1.82) is 0 Å². The van der Waals surface area contributed by atoms with Crippen molar-refractivity contribution in [3.05, 3.63) is 24.3 Å². The molecule has 7 nitrogen and oxygen atoms in total. The molecule has 0 saturated carbocycles. The Kier molecular flexibility index (Phi) is 2.20. The summed E-state index contributed by atoms with van der Waals surface area (Å²) in [5.74, 6) is 0.292. The molecule has 2 aromatic rings. The van der Waals surface area contributed by atoms with Crippen molar-refractivity contribution in [3.63, 3.8) is 0 Å². The number of nitrogens with one attached hydrogen (secondary N) is 1. The van der Waals surface area contributed by atoms with E-state index in [9.17, 15) is 8.42 Å². The molecule has 2 heterocycles. The van der Waals surface area contributed by atoms with E-state index in [0.717, 1.165) is 0 Å². The third-order valence-electron chi connectivity index (χ3n) is 2.44. The summed E-state index contributed by atoms with van der Waals surface area (Å²) in [6.07, 6.45) is 0. The molecule has 0 unspecified atom stereocenters. The molecule has 0 spiro atoms. The van der Waals surface area contributed by atoms with E-state index in [-0.39, 0.29) is 11.8 Å². The summed E-state index contributed by atoms with van der Waals surface area (Å²) >= 11 is 0. The van der Waals surface area contributed by atoms with Crippen LogP contribution in [0.2, 0.25) is 0 Å². The summed E-state index contributed by atoms with van der Waals surface area (Å²) in [6, 6.07) is 6.58. The van der Waals surface area contributed by atoms with Gasteiger partial charge in [0.15, 0.2) is 0 Å². The Morgan fingerprint density at radius 1 is 1.33 bits per heavy atom. The number of hydrogen-bond acceptors (Lipinski definition) is 6. The molecule has 1 aromatic carbocycles. The highest BCUT2D eigenvalue weighted by atomic mass is 32.2. The van der Waals surface area contributed by atoms with Gasteiger partial charge in [0.25, 0.3) is 10.0 Å². The smallest absolute Gasteiger partial charge is 0.268 e. The minimum absolute atomic E-state index is 0.194. The van der Waals surface area contributed by atoms with Crippen LogP contribution in [0.3, 0.4) is 0 Å². The van der Waals surface area contributed by atoms with Crippen LogP contribution < -0.4 is 15.2 Å². The van der Waals surface area contributed by atoms with E-state index in [0.29, 0.717) is 22.7 Å². The van der Waals surface area contributed by atoms with E-state index in [1.807, 2.05) is 0 Å². The third kappa shape index (κ3) is 1.86. The minimum atomic E-state index is -3.43. The van der Waals surface area contributed by atoms with E-state index in [4.69, 9.17) is 15.0 Å². The van der Waals surface area contributed by atoms with Gasteiger partial charge in [-0.1, -0.05) is 5.16 Å². The number of anilines is 2. The minimum Gasteiger partial charge on any atom is -0.474 e. The molecule has 0 saturated heterocycles. The van der Waals surface area contributed by atoms with Gasteiger partial charge in [0.1, 0.15) is 11.4 Å². The van der Waals surface area contributed by atoms with Gasteiger partial charge in [0, 0.05) is 11.6 Å². The Labute approximate surface area is 103 Å². The Morgan fingerprint density at radius 2 is 2.17 bits per heavy atom. The topological polar surface area (TPSA) is 107 Å². The van der Waals surface area contributed by atoms with Gasteiger partial charge in [-0.15, -0.1) is 0 Å². The van der Waals surface area contributed by atoms with E-state index < -0.39 is 10.0 Å². The molecule has 3 rings (SSSR count). The van der Waals surface area contributed by atoms with E-state index >= 15 is 0 Å². The van der Waals surface area contributed by atoms with Crippen molar-refractivity contribution in [2.24, 2.45) is 0 Å². The average molecular weight is 267 g/mol. The fourth-order valence-electron chi connectivity index (χ4n) is 1.66. The Bertz CT molecular complexity index is 708. The summed E-state index contributed by atoms with van der Waals surface area (Å²) in [5, 5.41) is 3.75. The van der Waals surface area contributed by atoms with Crippen LogP contribution in [0.15, 0.2) is 28.8 Å². The molecule has 8 heteroatoms. The fraction of sp³-hybridized carbons (Fsp3) is 0.100. The summed E-state index contributed by atoms with van der Waals surface area (Å²) in [7, 11) is -3.43. The molecule has 1 aromatic heterocycles. The molecule has 18 heavy (non-hydrogen) atoms. The number of benzene rings is 1. The van der Waals surface area contributed by atoms with Crippen LogP contribution in [0.4, 0.5) is 11.6 Å². The number of nitrogens with two attached hydrogens (primary N) is 1. The van der Waals surface area contributed by atoms with Gasteiger partial charge < -0.3 is 15.0 Å². The van der Waals surface area contributed by atoms with Crippen molar-refractivity contribution in [2.45, 2.75) is 0 Å². The molecule has 0 amide bonds. The van der Waals surface area contributed by atoms with Crippen LogP contribution in [-0.2, 0) is 10.0 Å². The predicted molar refractivity (Wildman–Crippen MR) is 64.4 cm³/mol. The second-order valence-corrected chi connectivity index (χ2v) is 5.47. The number of nitrogen functional groups attached to an aromatic ring is 1. The highest BCUT2D eigenvalue weighted by Crippen LogP contribution is 2.33. The molecule has 1 aliphatic rings. The lowest BCUT2D eigenvalue weighted by atomic mass is 10.1. The molecule has 0 bridgehead atoms. The number of nitrogens with zero attached hydrogens (tertiary/aromatic N) is 1. The van der Waals surface area contributed by atoms with Gasteiger partial charge >= 0.3 is 0 Å². The first kappa shape index (κ1) is 10.9. The average Bonchev–Trinajstić information content (AvgIpc) is 2.74. The van der Waals surface area contributed by atoms with E-state index in [2.05, 4.69) is 9.88 Å². The van der Waals surface area contributed by atoms with Crippen molar-refractivity contribution in [3.8, 4) is 17.0 Å². The van der Waals surface area contributed by atoms with Crippen LogP contribution >= 0.6 is 0 Å². The quantitative estimate of drug-likeness (QED) is 0.798. The fourth-order valence-corrected chi connectivity index (χ4v) is 2.49. The second kappa shape index (κ2) is 3.64. The molecule has 0 aliphatic carbocycles. The lowest BCUT2D eigenvalue weighted by Crippen LogP contribution is -2.25. The maximum absolute atomic E-state index is 11.4. The summed E-state index contributed by atoms with van der Waals surface area (Å²) < 4.78 is 35.0. The Hall–Kier alpha value is -2.22. The third-order valence-corrected chi connectivity index (χ3v) is 3.40. The SMILES string of the molecule is Nc1cc(-c2ccc3c(c2)NS(=O)(=O)CO3)no1. The Morgan fingerprint density at radius 3 is 2.89 bits per heavy atom. The first-order valence-corrected chi connectivity index (χ1v) is 6.69. The van der Waals surface area contributed by atoms with Crippen LogP contribution in [0.25, 0.3) is 11.3 Å². The molecule has 1 aliphatic heterocycles. The normalized spacial score (nSPS) is 16.4. The molecular weight excluding hydrogens is 258 g/mol. The Balaban J connectivity index is 2.05. The molecular formula is C10H9N3O4S. The first-order chi connectivity index (χ1) is 8.53. The zero-order valence-electron chi connectivity index (χ0n) is 9.08. The van der Waals surface area contributed by atoms with Gasteiger partial charge in [-0.25, -0.2) is 8.42 Å². The van der Waals surface area contributed by atoms with Gasteiger partial charge in [-0.05, 0) is 18.2 Å². The molecule has 0 fully saturated rings. The molecule has 0 atom stereocenters. The monoisotopic (exact) mass is 267 g/mol.